The van der Waals surface area contributed by atoms with Crippen LogP contribution >= 0.6 is 0 Å². The summed E-state index contributed by atoms with van der Waals surface area (Å²) < 4.78 is 18.3. The summed E-state index contributed by atoms with van der Waals surface area (Å²) in [5.74, 6) is -1.99. The Bertz CT molecular complexity index is 513. The molecule has 0 spiro atoms. The summed E-state index contributed by atoms with van der Waals surface area (Å²) in [7, 11) is 0. The molecule has 20 heavy (non-hydrogen) atoms. The number of carbonyl (C=O) groups is 2. The summed E-state index contributed by atoms with van der Waals surface area (Å²) in [5, 5.41) is 2.78. The van der Waals surface area contributed by atoms with Gasteiger partial charge in [0.25, 0.3) is 5.91 Å². The molecule has 1 aromatic carbocycles. The predicted octanol–water partition coefficient (Wildman–Crippen LogP) is 1.62. The van der Waals surface area contributed by atoms with Crippen LogP contribution in [0, 0.1) is 5.82 Å². The number of amides is 1. The minimum absolute atomic E-state index is 0.162. The quantitative estimate of drug-likeness (QED) is 0.648. The van der Waals surface area contributed by atoms with E-state index in [0.29, 0.717) is 0 Å². The van der Waals surface area contributed by atoms with Gasteiger partial charge in [0, 0.05) is 11.7 Å². The normalized spacial score (nSPS) is 15.1. The second-order valence-electron chi connectivity index (χ2n) is 4.86. The number of hydrogen-bond acceptors (Lipinski definition) is 4. The van der Waals surface area contributed by atoms with Crippen LogP contribution in [0.15, 0.2) is 18.2 Å². The second kappa shape index (κ2) is 6.36. The standard InChI is InChI=1S/C14H17FN2O3/c15-12-7-9(16)5-6-11(12)14(19)20-8-13(18)17-10-3-1-2-4-10/h5-7,10H,1-4,8,16H2,(H,17,18). The maximum atomic E-state index is 13.5. The van der Waals surface area contributed by atoms with Gasteiger partial charge in [0.15, 0.2) is 6.61 Å². The third-order valence-electron chi connectivity index (χ3n) is 3.27. The van der Waals surface area contributed by atoms with Crippen molar-refractivity contribution < 1.29 is 18.7 Å². The number of nitrogens with two attached hydrogens (primary N) is 1. The van der Waals surface area contributed by atoms with E-state index in [4.69, 9.17) is 10.5 Å². The molecule has 2 rings (SSSR count). The number of ether oxygens (including phenoxy) is 1. The van der Waals surface area contributed by atoms with Crippen LogP contribution < -0.4 is 11.1 Å². The zero-order chi connectivity index (χ0) is 14.5. The van der Waals surface area contributed by atoms with E-state index in [0.717, 1.165) is 31.7 Å². The van der Waals surface area contributed by atoms with Gasteiger partial charge in [-0.1, -0.05) is 12.8 Å². The van der Waals surface area contributed by atoms with E-state index >= 15 is 0 Å². The van der Waals surface area contributed by atoms with E-state index in [9.17, 15) is 14.0 Å². The number of halogens is 1. The Morgan fingerprint density at radius 1 is 1.35 bits per heavy atom. The van der Waals surface area contributed by atoms with E-state index in [1.165, 1.54) is 12.1 Å². The van der Waals surface area contributed by atoms with Gasteiger partial charge in [0.2, 0.25) is 0 Å². The van der Waals surface area contributed by atoms with Crippen molar-refractivity contribution in [3.05, 3.63) is 29.6 Å². The molecule has 108 valence electrons. The number of rotatable bonds is 4. The van der Waals surface area contributed by atoms with Crippen LogP contribution in [-0.4, -0.2) is 24.5 Å². The van der Waals surface area contributed by atoms with Crippen molar-refractivity contribution in [1.29, 1.82) is 0 Å². The minimum atomic E-state index is -0.871. The predicted molar refractivity (Wildman–Crippen MR) is 71.5 cm³/mol. The number of esters is 1. The molecule has 0 atom stereocenters. The molecule has 5 nitrogen and oxygen atoms in total. The summed E-state index contributed by atoms with van der Waals surface area (Å²) in [6, 6.07) is 3.84. The van der Waals surface area contributed by atoms with Crippen molar-refractivity contribution >= 4 is 17.6 Å². The van der Waals surface area contributed by atoms with E-state index in [-0.39, 0.29) is 23.2 Å². The van der Waals surface area contributed by atoms with Crippen LogP contribution in [-0.2, 0) is 9.53 Å². The van der Waals surface area contributed by atoms with Crippen LogP contribution in [0.25, 0.3) is 0 Å². The fourth-order valence-corrected chi connectivity index (χ4v) is 2.25. The molecule has 1 aromatic rings. The minimum Gasteiger partial charge on any atom is -0.452 e. The van der Waals surface area contributed by atoms with Crippen LogP contribution in [0.2, 0.25) is 0 Å². The highest BCUT2D eigenvalue weighted by atomic mass is 19.1. The molecule has 0 aromatic heterocycles. The fraction of sp³-hybridized carbons (Fsp3) is 0.429. The van der Waals surface area contributed by atoms with Gasteiger partial charge >= 0.3 is 5.97 Å². The fourth-order valence-electron chi connectivity index (χ4n) is 2.25. The third-order valence-corrected chi connectivity index (χ3v) is 3.27. The molecule has 1 amide bonds. The highest BCUT2D eigenvalue weighted by molar-refractivity contribution is 5.91. The van der Waals surface area contributed by atoms with Gasteiger partial charge in [-0.15, -0.1) is 0 Å². The monoisotopic (exact) mass is 280 g/mol. The Balaban J connectivity index is 1.83. The van der Waals surface area contributed by atoms with Crippen LogP contribution in [0.4, 0.5) is 10.1 Å². The Hall–Kier alpha value is -2.11. The molecule has 0 aliphatic heterocycles. The molecule has 0 bridgehead atoms. The van der Waals surface area contributed by atoms with Crippen molar-refractivity contribution in [3.63, 3.8) is 0 Å². The van der Waals surface area contributed by atoms with Crippen molar-refractivity contribution in [2.24, 2.45) is 0 Å². The van der Waals surface area contributed by atoms with E-state index < -0.39 is 18.4 Å². The van der Waals surface area contributed by atoms with Crippen LogP contribution in [0.5, 0.6) is 0 Å². The lowest BCUT2D eigenvalue weighted by Crippen LogP contribution is -2.36. The molecule has 1 saturated carbocycles. The van der Waals surface area contributed by atoms with Gasteiger partial charge in [0.05, 0.1) is 5.56 Å². The smallest absolute Gasteiger partial charge is 0.341 e. The average Bonchev–Trinajstić information content (AvgIpc) is 2.89. The number of benzene rings is 1. The van der Waals surface area contributed by atoms with Crippen LogP contribution in [0.3, 0.4) is 0 Å². The first kappa shape index (κ1) is 14.3. The van der Waals surface area contributed by atoms with Gasteiger partial charge in [-0.2, -0.15) is 0 Å². The van der Waals surface area contributed by atoms with Crippen molar-refractivity contribution in [2.75, 3.05) is 12.3 Å². The van der Waals surface area contributed by atoms with Crippen molar-refractivity contribution in [3.8, 4) is 0 Å². The molecule has 1 aliphatic carbocycles. The van der Waals surface area contributed by atoms with Gasteiger partial charge in [-0.05, 0) is 31.0 Å². The van der Waals surface area contributed by atoms with E-state index in [2.05, 4.69) is 5.32 Å². The summed E-state index contributed by atoms with van der Waals surface area (Å²) in [6.07, 6.45) is 4.10. The molecule has 0 saturated heterocycles. The van der Waals surface area contributed by atoms with Gasteiger partial charge in [-0.3, -0.25) is 4.79 Å². The van der Waals surface area contributed by atoms with Crippen LogP contribution in [0.1, 0.15) is 36.0 Å². The summed E-state index contributed by atoms with van der Waals surface area (Å²) in [5.41, 5.74) is 5.38. The Morgan fingerprint density at radius 3 is 2.70 bits per heavy atom. The number of nitrogen functional groups attached to an aromatic ring is 1. The largest absolute Gasteiger partial charge is 0.452 e. The first-order valence-corrected chi connectivity index (χ1v) is 6.58. The van der Waals surface area contributed by atoms with Gasteiger partial charge in [0.1, 0.15) is 5.82 Å². The van der Waals surface area contributed by atoms with Gasteiger partial charge in [-0.25, -0.2) is 9.18 Å². The van der Waals surface area contributed by atoms with E-state index in [1.54, 1.807) is 0 Å². The highest BCUT2D eigenvalue weighted by Crippen LogP contribution is 2.17. The second-order valence-corrected chi connectivity index (χ2v) is 4.86. The Labute approximate surface area is 116 Å². The molecular formula is C14H17FN2O3. The molecule has 6 heteroatoms. The Morgan fingerprint density at radius 2 is 2.05 bits per heavy atom. The highest BCUT2D eigenvalue weighted by Gasteiger charge is 2.19. The first-order chi connectivity index (χ1) is 9.56. The lowest BCUT2D eigenvalue weighted by molar-refractivity contribution is -0.124. The topological polar surface area (TPSA) is 81.4 Å². The molecule has 1 fully saturated rings. The van der Waals surface area contributed by atoms with Crippen molar-refractivity contribution in [2.45, 2.75) is 31.7 Å². The summed E-state index contributed by atoms with van der Waals surface area (Å²) in [6.45, 7) is -0.404. The maximum absolute atomic E-state index is 13.5. The van der Waals surface area contributed by atoms with Crippen molar-refractivity contribution in [1.82, 2.24) is 5.32 Å². The SMILES string of the molecule is Nc1ccc(C(=O)OCC(=O)NC2CCCC2)c(F)c1. The number of nitrogens with one attached hydrogen (secondary N) is 1. The lowest BCUT2D eigenvalue weighted by atomic mass is 10.2. The molecule has 0 radical (unpaired) electrons. The zero-order valence-electron chi connectivity index (χ0n) is 11.0. The molecule has 0 unspecified atom stereocenters. The number of hydrogen-bond donors (Lipinski definition) is 2. The molecule has 1 aliphatic rings. The average molecular weight is 280 g/mol. The number of carbonyl (C=O) groups excluding carboxylic acids is 2. The third kappa shape index (κ3) is 3.69. The summed E-state index contributed by atoms with van der Waals surface area (Å²) >= 11 is 0. The molecular weight excluding hydrogens is 263 g/mol. The maximum Gasteiger partial charge on any atom is 0.341 e. The first-order valence-electron chi connectivity index (χ1n) is 6.58. The molecule has 3 N–H and O–H groups in total. The zero-order valence-corrected chi connectivity index (χ0v) is 11.0. The number of anilines is 1. The lowest BCUT2D eigenvalue weighted by Gasteiger charge is -2.12. The Kier molecular flexibility index (Phi) is 4.55. The summed E-state index contributed by atoms with van der Waals surface area (Å²) in [4.78, 5) is 23.2. The van der Waals surface area contributed by atoms with Gasteiger partial charge < -0.3 is 15.8 Å². The molecule has 0 heterocycles. The van der Waals surface area contributed by atoms with E-state index in [1.807, 2.05) is 0 Å².